The SMILES string of the molecule is CCCCCCC(CCCCCC)COCC(COCC(CCCCCC)CCCCCC)COCC(CO)(CO)CO. The van der Waals surface area contributed by atoms with Crippen LogP contribution in [0.2, 0.25) is 0 Å². The van der Waals surface area contributed by atoms with Gasteiger partial charge in [-0.05, 0) is 37.5 Å². The maximum Gasteiger partial charge on any atom is 0.0629 e. The zero-order valence-corrected chi connectivity index (χ0v) is 29.3. The summed E-state index contributed by atoms with van der Waals surface area (Å²) in [6.07, 6.45) is 25.7. The predicted molar refractivity (Wildman–Crippen MR) is 182 cm³/mol. The third-order valence-corrected chi connectivity index (χ3v) is 9.05. The highest BCUT2D eigenvalue weighted by Crippen LogP contribution is 2.22. The predicted octanol–water partition coefficient (Wildman–Crippen LogP) is 8.73. The summed E-state index contributed by atoms with van der Waals surface area (Å²) >= 11 is 0. The van der Waals surface area contributed by atoms with Crippen LogP contribution in [0, 0.1) is 23.2 Å². The lowest BCUT2D eigenvalue weighted by atomic mass is 9.92. The van der Waals surface area contributed by atoms with Crippen LogP contribution < -0.4 is 0 Å². The minimum Gasteiger partial charge on any atom is -0.396 e. The van der Waals surface area contributed by atoms with Crippen LogP contribution in [0.5, 0.6) is 0 Å². The van der Waals surface area contributed by atoms with Crippen molar-refractivity contribution in [1.82, 2.24) is 0 Å². The molecule has 0 rings (SSSR count). The van der Waals surface area contributed by atoms with Gasteiger partial charge < -0.3 is 29.5 Å². The van der Waals surface area contributed by atoms with Gasteiger partial charge >= 0.3 is 0 Å². The van der Waals surface area contributed by atoms with Crippen molar-refractivity contribution in [1.29, 1.82) is 0 Å². The Kier molecular flexibility index (Phi) is 31.6. The van der Waals surface area contributed by atoms with E-state index in [9.17, 15) is 15.3 Å². The molecule has 0 spiro atoms. The second-order valence-electron chi connectivity index (χ2n) is 13.6. The van der Waals surface area contributed by atoms with E-state index in [1.165, 1.54) is 128 Å². The normalized spacial score (nSPS) is 12.4. The first-order chi connectivity index (χ1) is 21.0. The molecule has 0 aliphatic carbocycles. The van der Waals surface area contributed by atoms with Crippen LogP contribution >= 0.6 is 0 Å². The minimum absolute atomic E-state index is 0.0791. The molecule has 0 fully saturated rings. The highest BCUT2D eigenvalue weighted by Gasteiger charge is 2.29. The van der Waals surface area contributed by atoms with Gasteiger partial charge in [0.05, 0.1) is 51.7 Å². The van der Waals surface area contributed by atoms with E-state index in [0.717, 1.165) is 13.2 Å². The molecule has 3 N–H and O–H groups in total. The van der Waals surface area contributed by atoms with E-state index in [1.807, 2.05) is 0 Å². The maximum atomic E-state index is 9.72. The van der Waals surface area contributed by atoms with E-state index >= 15 is 0 Å². The monoisotopic (exact) mass is 617 g/mol. The third kappa shape index (κ3) is 24.6. The van der Waals surface area contributed by atoms with Crippen molar-refractivity contribution in [2.24, 2.45) is 23.2 Å². The Balaban J connectivity index is 5.07. The molecule has 0 aromatic carbocycles. The Morgan fingerprint density at radius 3 is 1.00 bits per heavy atom. The maximum absolute atomic E-state index is 9.72. The molecule has 0 aliphatic heterocycles. The summed E-state index contributed by atoms with van der Waals surface area (Å²) in [5, 5.41) is 29.1. The van der Waals surface area contributed by atoms with Crippen LogP contribution in [-0.4, -0.2) is 74.8 Å². The second kappa shape index (κ2) is 31.7. The number of rotatable bonds is 35. The summed E-state index contributed by atoms with van der Waals surface area (Å²) in [6.45, 7) is 11.4. The molecule has 6 nitrogen and oxygen atoms in total. The van der Waals surface area contributed by atoms with E-state index < -0.39 is 5.41 Å². The molecule has 0 aromatic heterocycles. The topological polar surface area (TPSA) is 88.4 Å². The number of ether oxygens (including phenoxy) is 3. The number of hydrogen-bond acceptors (Lipinski definition) is 6. The molecule has 0 aliphatic rings. The number of hydrogen-bond donors (Lipinski definition) is 3. The lowest BCUT2D eigenvalue weighted by molar-refractivity contribution is -0.0789. The Hall–Kier alpha value is -0.240. The molecule has 0 unspecified atom stereocenters. The standard InChI is InChI=1S/C37H76O6/c1-5-9-13-17-21-34(22-18-14-10-6-2)25-41-27-36(29-43-33-37(30-38,31-39)32-40)28-42-26-35(23-19-15-11-7-3)24-20-16-12-8-4/h34-36,38-40H,5-33H2,1-4H3. The van der Waals surface area contributed by atoms with E-state index in [0.29, 0.717) is 31.7 Å². The molecule has 0 saturated carbocycles. The first kappa shape index (κ1) is 42.8. The minimum atomic E-state index is -1.02. The van der Waals surface area contributed by atoms with Gasteiger partial charge in [-0.25, -0.2) is 0 Å². The highest BCUT2D eigenvalue weighted by atomic mass is 16.5. The summed E-state index contributed by atoms with van der Waals surface area (Å²) in [7, 11) is 0. The van der Waals surface area contributed by atoms with Crippen molar-refractivity contribution in [2.45, 2.75) is 156 Å². The fourth-order valence-corrected chi connectivity index (χ4v) is 5.74. The highest BCUT2D eigenvalue weighted by molar-refractivity contribution is 4.77. The summed E-state index contributed by atoms with van der Waals surface area (Å²) < 4.78 is 18.7. The smallest absolute Gasteiger partial charge is 0.0629 e. The average Bonchev–Trinajstić information content (AvgIpc) is 3.03. The lowest BCUT2D eigenvalue weighted by Crippen LogP contribution is -2.39. The molecule has 0 aromatic rings. The fraction of sp³-hybridized carbons (Fsp3) is 1.00. The Bertz CT molecular complexity index is 475. The van der Waals surface area contributed by atoms with E-state index in [-0.39, 0.29) is 32.3 Å². The number of aliphatic hydroxyl groups is 3. The van der Waals surface area contributed by atoms with Gasteiger partial charge in [0, 0.05) is 19.1 Å². The average molecular weight is 617 g/mol. The molecule has 6 heteroatoms. The van der Waals surface area contributed by atoms with Crippen LogP contribution in [0.4, 0.5) is 0 Å². The molecule has 0 atom stereocenters. The van der Waals surface area contributed by atoms with Crippen LogP contribution in [-0.2, 0) is 14.2 Å². The van der Waals surface area contributed by atoms with Gasteiger partial charge in [0.15, 0.2) is 0 Å². The van der Waals surface area contributed by atoms with Crippen molar-refractivity contribution in [2.75, 3.05) is 59.5 Å². The number of aliphatic hydroxyl groups excluding tert-OH is 3. The fourth-order valence-electron chi connectivity index (χ4n) is 5.74. The first-order valence-electron chi connectivity index (χ1n) is 18.6. The molecule has 43 heavy (non-hydrogen) atoms. The van der Waals surface area contributed by atoms with Crippen molar-refractivity contribution >= 4 is 0 Å². The van der Waals surface area contributed by atoms with Crippen LogP contribution in [0.25, 0.3) is 0 Å². The summed E-state index contributed by atoms with van der Waals surface area (Å²) in [4.78, 5) is 0. The van der Waals surface area contributed by atoms with Gasteiger partial charge in [0.25, 0.3) is 0 Å². The van der Waals surface area contributed by atoms with Gasteiger partial charge in [-0.15, -0.1) is 0 Å². The van der Waals surface area contributed by atoms with E-state index in [1.54, 1.807) is 0 Å². The number of unbranched alkanes of at least 4 members (excludes halogenated alkanes) is 12. The molecule has 0 radical (unpaired) electrons. The largest absolute Gasteiger partial charge is 0.396 e. The van der Waals surface area contributed by atoms with Crippen LogP contribution in [0.1, 0.15) is 156 Å². The van der Waals surface area contributed by atoms with Crippen LogP contribution in [0.15, 0.2) is 0 Å². The molecular formula is C37H76O6. The Morgan fingerprint density at radius 2 is 0.698 bits per heavy atom. The summed E-state index contributed by atoms with van der Waals surface area (Å²) in [6, 6.07) is 0. The van der Waals surface area contributed by atoms with Crippen molar-refractivity contribution in [3.63, 3.8) is 0 Å². The molecule has 0 bridgehead atoms. The van der Waals surface area contributed by atoms with E-state index in [4.69, 9.17) is 14.2 Å². The molecule has 0 saturated heterocycles. The zero-order chi connectivity index (χ0) is 31.9. The van der Waals surface area contributed by atoms with Gasteiger partial charge in [0.1, 0.15) is 0 Å². The zero-order valence-electron chi connectivity index (χ0n) is 29.3. The second-order valence-corrected chi connectivity index (χ2v) is 13.6. The molecular weight excluding hydrogens is 540 g/mol. The van der Waals surface area contributed by atoms with Gasteiger partial charge in [0.2, 0.25) is 0 Å². The summed E-state index contributed by atoms with van der Waals surface area (Å²) in [5.41, 5.74) is -1.02. The molecule has 260 valence electrons. The summed E-state index contributed by atoms with van der Waals surface area (Å²) in [5.74, 6) is 1.30. The lowest BCUT2D eigenvalue weighted by Gasteiger charge is -2.28. The Morgan fingerprint density at radius 1 is 0.395 bits per heavy atom. The first-order valence-corrected chi connectivity index (χ1v) is 18.6. The van der Waals surface area contributed by atoms with Gasteiger partial charge in [-0.2, -0.15) is 0 Å². The van der Waals surface area contributed by atoms with E-state index in [2.05, 4.69) is 27.7 Å². The third-order valence-electron chi connectivity index (χ3n) is 9.05. The van der Waals surface area contributed by atoms with Crippen molar-refractivity contribution in [3.8, 4) is 0 Å². The van der Waals surface area contributed by atoms with Gasteiger partial charge in [-0.3, -0.25) is 0 Å². The molecule has 0 heterocycles. The Labute approximate surface area is 268 Å². The molecule has 0 amide bonds. The quantitative estimate of drug-likeness (QED) is 0.0617. The van der Waals surface area contributed by atoms with Crippen LogP contribution in [0.3, 0.4) is 0 Å². The van der Waals surface area contributed by atoms with Crippen molar-refractivity contribution in [3.05, 3.63) is 0 Å². The van der Waals surface area contributed by atoms with Gasteiger partial charge in [-0.1, -0.05) is 130 Å². The van der Waals surface area contributed by atoms with Crippen molar-refractivity contribution < 1.29 is 29.5 Å².